The molecule has 0 aliphatic carbocycles. The minimum Gasteiger partial charge on any atom is -0.392 e. The van der Waals surface area contributed by atoms with Crippen molar-refractivity contribution < 1.29 is 10.2 Å². The molecular weight excluding hydrogens is 142 g/mol. The van der Waals surface area contributed by atoms with Crippen LogP contribution in [-0.4, -0.2) is 46.5 Å². The molecule has 1 saturated heterocycles. The number of aliphatic hydroxyl groups excluding tert-OH is 2. The first-order valence-corrected chi connectivity index (χ1v) is 4.27. The Bertz CT molecular complexity index is 127. The van der Waals surface area contributed by atoms with Crippen molar-refractivity contribution >= 4 is 0 Å². The predicted octanol–water partition coefficient (Wildman–Crippen LogP) is -0.178. The molecule has 1 aliphatic rings. The second-order valence-corrected chi connectivity index (χ2v) is 3.22. The number of rotatable bonds is 2. The van der Waals surface area contributed by atoms with Crippen LogP contribution in [-0.2, 0) is 0 Å². The fourth-order valence-corrected chi connectivity index (χ4v) is 1.86. The smallest absolute Gasteiger partial charge is 0.0732 e. The highest BCUT2D eigenvalue weighted by Crippen LogP contribution is 2.19. The molecule has 0 saturated carbocycles. The molecule has 0 aromatic carbocycles. The maximum Gasteiger partial charge on any atom is 0.0732 e. The Morgan fingerprint density at radius 1 is 1.64 bits per heavy atom. The number of hydrogen-bond acceptors (Lipinski definition) is 3. The van der Waals surface area contributed by atoms with Crippen molar-refractivity contribution in [1.82, 2.24) is 4.90 Å². The third kappa shape index (κ3) is 1.72. The molecule has 66 valence electrons. The van der Waals surface area contributed by atoms with E-state index in [0.29, 0.717) is 0 Å². The summed E-state index contributed by atoms with van der Waals surface area (Å²) in [6, 6.07) is -0.0417. The van der Waals surface area contributed by atoms with Crippen LogP contribution in [0.25, 0.3) is 0 Å². The molecule has 0 aromatic rings. The van der Waals surface area contributed by atoms with Crippen molar-refractivity contribution in [3.05, 3.63) is 0 Å². The number of nitrogens with zero attached hydrogens (tertiary/aromatic N) is 1. The maximum absolute atomic E-state index is 9.46. The summed E-state index contributed by atoms with van der Waals surface area (Å²) in [4.78, 5) is 2.12. The van der Waals surface area contributed by atoms with Gasteiger partial charge in [0.05, 0.1) is 18.2 Å². The summed E-state index contributed by atoms with van der Waals surface area (Å²) in [5.41, 5.74) is 0. The maximum atomic E-state index is 9.46. The monoisotopic (exact) mass is 159 g/mol. The molecule has 1 rings (SSSR count). The topological polar surface area (TPSA) is 43.7 Å². The standard InChI is InChI=1S/C8H17NO2/c1-3-9-5-4-7(11)8(9)6(2)10/h6-8,10-11H,3-5H2,1-2H3/t6-,7-,8+/m0/s1. The van der Waals surface area contributed by atoms with E-state index in [1.807, 2.05) is 6.92 Å². The zero-order chi connectivity index (χ0) is 8.43. The largest absolute Gasteiger partial charge is 0.392 e. The summed E-state index contributed by atoms with van der Waals surface area (Å²) in [7, 11) is 0. The number of likely N-dealkylation sites (tertiary alicyclic amines) is 1. The van der Waals surface area contributed by atoms with E-state index in [2.05, 4.69) is 4.90 Å². The van der Waals surface area contributed by atoms with Crippen molar-refractivity contribution in [3.8, 4) is 0 Å². The first-order chi connectivity index (χ1) is 5.16. The lowest BCUT2D eigenvalue weighted by Gasteiger charge is -2.26. The van der Waals surface area contributed by atoms with Crippen LogP contribution in [0.5, 0.6) is 0 Å². The van der Waals surface area contributed by atoms with Crippen LogP contribution in [0.1, 0.15) is 20.3 Å². The van der Waals surface area contributed by atoms with Gasteiger partial charge in [-0.2, -0.15) is 0 Å². The molecule has 0 bridgehead atoms. The molecule has 0 spiro atoms. The minimum absolute atomic E-state index is 0.0417. The van der Waals surface area contributed by atoms with Crippen LogP contribution in [0.15, 0.2) is 0 Å². The Labute approximate surface area is 67.6 Å². The van der Waals surface area contributed by atoms with Crippen LogP contribution in [0.2, 0.25) is 0 Å². The van der Waals surface area contributed by atoms with Crippen LogP contribution in [0.3, 0.4) is 0 Å². The van der Waals surface area contributed by atoms with Crippen molar-refractivity contribution in [2.24, 2.45) is 0 Å². The summed E-state index contributed by atoms with van der Waals surface area (Å²) in [5.74, 6) is 0. The van der Waals surface area contributed by atoms with Gasteiger partial charge in [-0.1, -0.05) is 6.92 Å². The normalized spacial score (nSPS) is 36.0. The molecule has 0 aromatic heterocycles. The van der Waals surface area contributed by atoms with E-state index < -0.39 is 6.10 Å². The lowest BCUT2D eigenvalue weighted by Crippen LogP contribution is -2.43. The average molecular weight is 159 g/mol. The molecule has 1 fully saturated rings. The Morgan fingerprint density at radius 2 is 2.27 bits per heavy atom. The number of likely N-dealkylation sites (N-methyl/N-ethyl adjacent to an activating group) is 1. The lowest BCUT2D eigenvalue weighted by molar-refractivity contribution is 0.0263. The van der Waals surface area contributed by atoms with Crippen LogP contribution < -0.4 is 0 Å². The Balaban J connectivity index is 2.56. The summed E-state index contributed by atoms with van der Waals surface area (Å²) in [6.45, 7) is 5.61. The third-order valence-corrected chi connectivity index (χ3v) is 2.43. The fourth-order valence-electron chi connectivity index (χ4n) is 1.86. The van der Waals surface area contributed by atoms with E-state index >= 15 is 0 Å². The second kappa shape index (κ2) is 3.52. The van der Waals surface area contributed by atoms with Crippen LogP contribution in [0.4, 0.5) is 0 Å². The fraction of sp³-hybridized carbons (Fsp3) is 1.00. The summed E-state index contributed by atoms with van der Waals surface area (Å²) >= 11 is 0. The van der Waals surface area contributed by atoms with E-state index in [1.165, 1.54) is 0 Å². The van der Waals surface area contributed by atoms with Gasteiger partial charge in [0.15, 0.2) is 0 Å². The van der Waals surface area contributed by atoms with Crippen LogP contribution >= 0.6 is 0 Å². The molecule has 11 heavy (non-hydrogen) atoms. The second-order valence-electron chi connectivity index (χ2n) is 3.22. The number of hydrogen-bond donors (Lipinski definition) is 2. The van der Waals surface area contributed by atoms with Crippen molar-refractivity contribution in [1.29, 1.82) is 0 Å². The molecule has 0 unspecified atom stereocenters. The van der Waals surface area contributed by atoms with Crippen molar-refractivity contribution in [2.45, 2.75) is 38.5 Å². The highest BCUT2D eigenvalue weighted by molar-refractivity contribution is 4.89. The number of aliphatic hydroxyl groups is 2. The van der Waals surface area contributed by atoms with E-state index in [9.17, 15) is 10.2 Å². The Morgan fingerprint density at radius 3 is 2.64 bits per heavy atom. The predicted molar refractivity (Wildman–Crippen MR) is 43.3 cm³/mol. The van der Waals surface area contributed by atoms with E-state index in [1.54, 1.807) is 6.92 Å². The molecule has 1 aliphatic heterocycles. The zero-order valence-corrected chi connectivity index (χ0v) is 7.20. The van der Waals surface area contributed by atoms with Gasteiger partial charge < -0.3 is 10.2 Å². The Hall–Kier alpha value is -0.120. The summed E-state index contributed by atoms with van der Waals surface area (Å²) in [5, 5.41) is 18.8. The van der Waals surface area contributed by atoms with Gasteiger partial charge >= 0.3 is 0 Å². The van der Waals surface area contributed by atoms with Crippen molar-refractivity contribution in [2.75, 3.05) is 13.1 Å². The lowest BCUT2D eigenvalue weighted by atomic mass is 10.1. The van der Waals surface area contributed by atoms with E-state index in [-0.39, 0.29) is 12.1 Å². The molecule has 0 radical (unpaired) electrons. The third-order valence-electron chi connectivity index (χ3n) is 2.43. The molecule has 3 atom stereocenters. The first-order valence-electron chi connectivity index (χ1n) is 4.27. The average Bonchev–Trinajstić information content (AvgIpc) is 2.30. The minimum atomic E-state index is -0.424. The van der Waals surface area contributed by atoms with Gasteiger partial charge in [0, 0.05) is 6.54 Å². The van der Waals surface area contributed by atoms with Gasteiger partial charge in [-0.25, -0.2) is 0 Å². The van der Waals surface area contributed by atoms with Crippen molar-refractivity contribution in [3.63, 3.8) is 0 Å². The summed E-state index contributed by atoms with van der Waals surface area (Å²) < 4.78 is 0. The van der Waals surface area contributed by atoms with Gasteiger partial charge in [-0.05, 0) is 19.9 Å². The quantitative estimate of drug-likeness (QED) is 0.587. The van der Waals surface area contributed by atoms with E-state index in [4.69, 9.17) is 0 Å². The highest BCUT2D eigenvalue weighted by atomic mass is 16.3. The van der Waals surface area contributed by atoms with E-state index in [0.717, 1.165) is 19.5 Å². The zero-order valence-electron chi connectivity index (χ0n) is 7.20. The van der Waals surface area contributed by atoms with Gasteiger partial charge in [0.25, 0.3) is 0 Å². The van der Waals surface area contributed by atoms with Gasteiger partial charge in [-0.15, -0.1) is 0 Å². The van der Waals surface area contributed by atoms with Gasteiger partial charge in [0.1, 0.15) is 0 Å². The molecule has 0 amide bonds. The molecule has 2 N–H and O–H groups in total. The summed E-state index contributed by atoms with van der Waals surface area (Å²) in [6.07, 6.45) is 0.0334. The first kappa shape index (κ1) is 8.97. The van der Waals surface area contributed by atoms with Crippen LogP contribution in [0, 0.1) is 0 Å². The van der Waals surface area contributed by atoms with Gasteiger partial charge in [-0.3, -0.25) is 4.90 Å². The molecule has 3 nitrogen and oxygen atoms in total. The Kier molecular flexibility index (Phi) is 2.87. The molecular formula is C8H17NO2. The SMILES string of the molecule is CCN1CC[C@H](O)[C@H]1[C@H](C)O. The molecule has 3 heteroatoms. The van der Waals surface area contributed by atoms with Gasteiger partial charge in [0.2, 0.25) is 0 Å². The highest BCUT2D eigenvalue weighted by Gasteiger charge is 2.34. The molecule has 1 heterocycles.